The number of unbranched alkanes of at least 4 members (excludes halogenated alkanes) is 1. The second-order valence-corrected chi connectivity index (χ2v) is 17.8. The van der Waals surface area contributed by atoms with Gasteiger partial charge in [-0.3, -0.25) is 9.59 Å². The largest absolute Gasteiger partial charge is 0.481 e. The molecule has 6 atom stereocenters. The van der Waals surface area contributed by atoms with Crippen LogP contribution in [0.3, 0.4) is 0 Å². The fraction of sp³-hybridized carbons (Fsp3) is 0.400. The summed E-state index contributed by atoms with van der Waals surface area (Å²) in [5, 5.41) is 41.6. The highest BCUT2D eigenvalue weighted by Gasteiger charge is 2.39. The van der Waals surface area contributed by atoms with Crippen LogP contribution >= 0.6 is 90.4 Å². The number of aliphatic carboxylic acids is 1. The number of hydrogen-bond acceptors (Lipinski definition) is 6. The predicted molar refractivity (Wildman–Crippen MR) is 234 cm³/mol. The predicted octanol–water partition coefficient (Wildman–Crippen LogP) is 9.43. The Balaban J connectivity index is 1.22. The van der Waals surface area contributed by atoms with Crippen LogP contribution in [-0.2, 0) is 22.4 Å². The van der Waals surface area contributed by atoms with Gasteiger partial charge in [-0.25, -0.2) is 0 Å². The van der Waals surface area contributed by atoms with E-state index in [0.717, 1.165) is 43.3 Å². The summed E-state index contributed by atoms with van der Waals surface area (Å²) < 4.78 is 10.2. The Morgan fingerprint density at radius 1 is 0.922 bits per heavy atom. The molecule has 274 valence electrons. The number of aryl methyl sites for hydroxylation is 1. The van der Waals surface area contributed by atoms with Crippen LogP contribution in [-0.4, -0.2) is 50.5 Å². The van der Waals surface area contributed by atoms with Gasteiger partial charge in [0.1, 0.15) is 11.5 Å². The van der Waals surface area contributed by atoms with Gasteiger partial charge in [-0.2, -0.15) is 0 Å². The minimum absolute atomic E-state index is 0.0257. The van der Waals surface area contributed by atoms with E-state index in [1.54, 1.807) is 6.08 Å². The number of ether oxygens (including phenoxy) is 1. The SMILES string of the molecule is Cc1c(I)cc(Oc2c(I)cc(CC(CC(=O)CCC/C=C\C[C@@H]3[C@@H](/C=C/[C@@H](O)CCc4ccccc4)[C@H](O)C[C@@H]3O)C(=O)O)cc2I)cc1I. The molecule has 3 aromatic rings. The Hall–Kier alpha value is -1.12. The van der Waals surface area contributed by atoms with Gasteiger partial charge in [0.15, 0.2) is 5.75 Å². The molecule has 1 aliphatic rings. The van der Waals surface area contributed by atoms with E-state index in [-0.39, 0.29) is 30.5 Å². The van der Waals surface area contributed by atoms with Crippen molar-refractivity contribution in [2.45, 2.75) is 83.0 Å². The van der Waals surface area contributed by atoms with Crippen LogP contribution in [0, 0.1) is 39.0 Å². The first-order chi connectivity index (χ1) is 24.3. The average Bonchev–Trinajstić information content (AvgIpc) is 3.35. The molecule has 1 fully saturated rings. The molecule has 4 N–H and O–H groups in total. The molecule has 4 rings (SSSR count). The summed E-state index contributed by atoms with van der Waals surface area (Å²) in [5.41, 5.74) is 3.22. The molecule has 7 nitrogen and oxygen atoms in total. The van der Waals surface area contributed by atoms with Crippen molar-refractivity contribution in [1.82, 2.24) is 0 Å². The number of rotatable bonds is 18. The van der Waals surface area contributed by atoms with E-state index in [1.807, 2.05) is 72.8 Å². The van der Waals surface area contributed by atoms with E-state index in [9.17, 15) is 30.0 Å². The second kappa shape index (κ2) is 21.1. The Morgan fingerprint density at radius 2 is 1.59 bits per heavy atom. The molecule has 0 saturated heterocycles. The minimum atomic E-state index is -0.984. The van der Waals surface area contributed by atoms with E-state index in [2.05, 4.69) is 97.3 Å². The highest BCUT2D eigenvalue weighted by atomic mass is 127. The van der Waals surface area contributed by atoms with Crippen LogP contribution in [0.15, 0.2) is 78.9 Å². The Bertz CT molecular complexity index is 1650. The lowest BCUT2D eigenvalue weighted by Gasteiger charge is -2.19. The number of hydrogen-bond donors (Lipinski definition) is 4. The third kappa shape index (κ3) is 13.3. The first kappa shape index (κ1) is 42.6. The van der Waals surface area contributed by atoms with Crippen molar-refractivity contribution in [3.63, 3.8) is 0 Å². The monoisotopic (exact) mass is 1140 g/mol. The molecular weight excluding hydrogens is 1100 g/mol. The van der Waals surface area contributed by atoms with E-state index < -0.39 is 30.2 Å². The lowest BCUT2D eigenvalue weighted by Crippen LogP contribution is -2.20. The van der Waals surface area contributed by atoms with Crippen molar-refractivity contribution in [1.29, 1.82) is 0 Å². The average molecular weight is 1140 g/mol. The first-order valence-electron chi connectivity index (χ1n) is 17.1. The van der Waals surface area contributed by atoms with Crippen LogP contribution < -0.4 is 4.74 Å². The molecule has 0 bridgehead atoms. The number of aliphatic hydroxyl groups excluding tert-OH is 3. The van der Waals surface area contributed by atoms with Gasteiger partial charge < -0.3 is 25.2 Å². The van der Waals surface area contributed by atoms with Gasteiger partial charge in [0, 0.05) is 32.3 Å². The molecular formula is C40H44I4O7. The molecule has 0 amide bonds. The van der Waals surface area contributed by atoms with Crippen LogP contribution in [0.1, 0.15) is 61.6 Å². The third-order valence-corrected chi connectivity index (χ3v) is 13.1. The van der Waals surface area contributed by atoms with Crippen LogP contribution in [0.25, 0.3) is 0 Å². The number of carboxylic acid groups (broad SMARTS) is 1. The summed E-state index contributed by atoms with van der Waals surface area (Å²) in [6, 6.07) is 17.9. The zero-order valence-electron chi connectivity index (χ0n) is 28.4. The zero-order valence-corrected chi connectivity index (χ0v) is 37.0. The van der Waals surface area contributed by atoms with E-state index in [1.165, 1.54) is 5.56 Å². The summed E-state index contributed by atoms with van der Waals surface area (Å²) >= 11 is 9.03. The molecule has 11 heteroatoms. The van der Waals surface area contributed by atoms with Crippen molar-refractivity contribution in [3.05, 3.63) is 110 Å². The van der Waals surface area contributed by atoms with E-state index in [4.69, 9.17) is 4.74 Å². The van der Waals surface area contributed by atoms with Crippen LogP contribution in [0.2, 0.25) is 0 Å². The van der Waals surface area contributed by atoms with Crippen LogP contribution in [0.4, 0.5) is 0 Å². The standard InChI is InChI=1S/C40H44I4O7/c1-24-33(41)21-30(22-34(24)42)51-39-35(43)18-26(19-36(39)44)17-27(40(49)50)20-29(46)11-7-2-3-8-12-31-32(38(48)23-37(31)47)16-15-28(45)14-13-25-9-5-4-6-10-25/h3-6,8-10,15-16,18-19,21-22,27-28,31-32,37-38,45,47-48H,2,7,11-14,17,20,23H2,1H3,(H,49,50)/b8-3-,16-15+/t27?,28-,31+,32+,37-,38+/m0/s1. The molecule has 1 saturated carbocycles. The van der Waals surface area contributed by atoms with Crippen LogP contribution in [0.5, 0.6) is 11.5 Å². The molecule has 0 aromatic heterocycles. The molecule has 0 radical (unpaired) electrons. The number of carbonyl (C=O) groups excluding carboxylic acids is 1. The molecule has 51 heavy (non-hydrogen) atoms. The van der Waals surface area contributed by atoms with E-state index >= 15 is 0 Å². The Morgan fingerprint density at radius 3 is 2.24 bits per heavy atom. The van der Waals surface area contributed by atoms with Crippen molar-refractivity contribution in [2.24, 2.45) is 17.8 Å². The van der Waals surface area contributed by atoms with Gasteiger partial charge >= 0.3 is 5.97 Å². The van der Waals surface area contributed by atoms with Gasteiger partial charge in [-0.15, -0.1) is 0 Å². The molecule has 0 spiro atoms. The Kier molecular flexibility index (Phi) is 17.6. The lowest BCUT2D eigenvalue weighted by molar-refractivity contribution is -0.143. The number of benzene rings is 3. The van der Waals surface area contributed by atoms with E-state index in [0.29, 0.717) is 38.5 Å². The summed E-state index contributed by atoms with van der Waals surface area (Å²) in [6.07, 6.45) is 9.63. The quantitative estimate of drug-likeness (QED) is 0.0569. The van der Waals surface area contributed by atoms with Gasteiger partial charge in [0.2, 0.25) is 0 Å². The van der Waals surface area contributed by atoms with Crippen molar-refractivity contribution in [3.8, 4) is 11.5 Å². The topological polar surface area (TPSA) is 124 Å². The summed E-state index contributed by atoms with van der Waals surface area (Å²) in [6.45, 7) is 2.08. The number of halogens is 4. The fourth-order valence-electron chi connectivity index (χ4n) is 6.34. The highest BCUT2D eigenvalue weighted by Crippen LogP contribution is 2.37. The fourth-order valence-corrected chi connectivity index (χ4v) is 10.2. The number of carboxylic acids is 1. The van der Waals surface area contributed by atoms with Gasteiger partial charge in [0.05, 0.1) is 31.4 Å². The summed E-state index contributed by atoms with van der Waals surface area (Å²) in [7, 11) is 0. The normalized spacial score (nSPS) is 20.2. The highest BCUT2D eigenvalue weighted by molar-refractivity contribution is 14.1. The van der Waals surface area contributed by atoms with Gasteiger partial charge in [0.25, 0.3) is 0 Å². The number of allylic oxidation sites excluding steroid dienone is 2. The summed E-state index contributed by atoms with van der Waals surface area (Å²) in [4.78, 5) is 25.0. The minimum Gasteiger partial charge on any atom is -0.481 e. The number of ketones is 1. The first-order valence-corrected chi connectivity index (χ1v) is 21.4. The van der Waals surface area contributed by atoms with Gasteiger partial charge in [-0.1, -0.05) is 54.6 Å². The third-order valence-electron chi connectivity index (χ3n) is 9.28. The maximum absolute atomic E-state index is 12.8. The van der Waals surface area contributed by atoms with Crippen molar-refractivity contribution >= 4 is 102 Å². The van der Waals surface area contributed by atoms with Crippen molar-refractivity contribution < 1.29 is 34.8 Å². The number of aliphatic hydroxyl groups is 3. The molecule has 1 aliphatic carbocycles. The van der Waals surface area contributed by atoms with Gasteiger partial charge in [-0.05, 0) is 183 Å². The lowest BCUT2D eigenvalue weighted by atomic mass is 9.89. The smallest absolute Gasteiger partial charge is 0.307 e. The second-order valence-electron chi connectivity index (χ2n) is 13.2. The number of Topliss-reactive ketones (excluding diaryl/α,β-unsaturated/α-hetero) is 1. The molecule has 1 unspecified atom stereocenters. The molecule has 0 aliphatic heterocycles. The molecule has 3 aromatic carbocycles. The molecule has 0 heterocycles. The number of carbonyl (C=O) groups is 2. The maximum Gasteiger partial charge on any atom is 0.307 e. The summed E-state index contributed by atoms with van der Waals surface area (Å²) in [5.74, 6) is -0.805. The maximum atomic E-state index is 12.8. The zero-order chi connectivity index (χ0) is 37.1. The van der Waals surface area contributed by atoms with Crippen molar-refractivity contribution in [2.75, 3.05) is 0 Å². The Labute approximate surface area is 355 Å².